The maximum absolute atomic E-state index is 12.3. The number of hydrogen-bond acceptors (Lipinski definition) is 5. The van der Waals surface area contributed by atoms with E-state index in [1.54, 1.807) is 11.3 Å². The predicted molar refractivity (Wildman–Crippen MR) is 94.5 cm³/mol. The number of carbonyl (C=O) groups excluding carboxylic acids is 1. The van der Waals surface area contributed by atoms with Crippen molar-refractivity contribution >= 4 is 22.4 Å². The molecule has 0 bridgehead atoms. The molecular weight excluding hydrogens is 322 g/mol. The Morgan fingerprint density at radius 3 is 3.17 bits per heavy atom. The molecular formula is C17H23N5OS. The summed E-state index contributed by atoms with van der Waals surface area (Å²) in [5.74, 6) is 0.460. The summed E-state index contributed by atoms with van der Waals surface area (Å²) < 4.78 is 0. The Kier molecular flexibility index (Phi) is 4.37. The lowest BCUT2D eigenvalue weighted by molar-refractivity contribution is -0.117. The van der Waals surface area contributed by atoms with Gasteiger partial charge in [-0.15, -0.1) is 11.3 Å². The summed E-state index contributed by atoms with van der Waals surface area (Å²) in [6.07, 6.45) is 5.61. The lowest BCUT2D eigenvalue weighted by Gasteiger charge is -2.31. The molecule has 2 aliphatic rings. The maximum atomic E-state index is 12.3. The Balaban J connectivity index is 1.33. The molecule has 3 heterocycles. The van der Waals surface area contributed by atoms with Gasteiger partial charge >= 0.3 is 0 Å². The number of rotatable bonds is 4. The number of nitrogens with one attached hydrogen (secondary N) is 2. The second-order valence-corrected chi connectivity index (χ2v) is 7.92. The van der Waals surface area contributed by atoms with Crippen LogP contribution in [0, 0.1) is 6.92 Å². The zero-order valence-electron chi connectivity index (χ0n) is 14.0. The normalized spacial score (nSPS) is 21.0. The predicted octanol–water partition coefficient (Wildman–Crippen LogP) is 2.48. The number of H-pyrrole nitrogens is 1. The molecule has 0 aromatic carbocycles. The number of thiazole rings is 1. The fourth-order valence-electron chi connectivity index (χ4n) is 3.69. The van der Waals surface area contributed by atoms with E-state index in [0.29, 0.717) is 12.5 Å². The fourth-order valence-corrected chi connectivity index (χ4v) is 4.76. The number of aromatic amines is 1. The van der Waals surface area contributed by atoms with E-state index in [4.69, 9.17) is 0 Å². The summed E-state index contributed by atoms with van der Waals surface area (Å²) in [5.41, 5.74) is 3.40. The van der Waals surface area contributed by atoms with Crippen LogP contribution < -0.4 is 5.32 Å². The summed E-state index contributed by atoms with van der Waals surface area (Å²) in [7, 11) is 0. The van der Waals surface area contributed by atoms with Crippen molar-refractivity contribution in [2.24, 2.45) is 0 Å². The Labute approximate surface area is 145 Å². The van der Waals surface area contributed by atoms with Crippen LogP contribution in [-0.4, -0.2) is 45.6 Å². The SMILES string of the molecule is Cc1cc([C@H]2CCCN(CC(=O)Nc3nc4c(s3)CCC4)C2)n[nH]1. The standard InChI is InChI=1S/C17H23N5OS/c1-11-8-14(21-20-11)12-4-3-7-22(9-12)10-16(23)19-17-18-13-5-2-6-15(13)24-17/h8,12H,2-7,9-10H2,1H3,(H,20,21)(H,18,19,23)/t12-/m0/s1. The summed E-state index contributed by atoms with van der Waals surface area (Å²) >= 11 is 1.64. The van der Waals surface area contributed by atoms with Gasteiger partial charge in [0.05, 0.1) is 17.9 Å². The molecule has 6 nitrogen and oxygen atoms in total. The van der Waals surface area contributed by atoms with E-state index in [9.17, 15) is 4.79 Å². The third-order valence-corrected chi connectivity index (χ3v) is 5.93. The molecule has 1 aliphatic heterocycles. The van der Waals surface area contributed by atoms with Gasteiger partial charge in [0.2, 0.25) is 5.91 Å². The Bertz CT molecular complexity index is 716. The van der Waals surface area contributed by atoms with Gasteiger partial charge in [0.1, 0.15) is 0 Å². The molecule has 24 heavy (non-hydrogen) atoms. The first-order chi connectivity index (χ1) is 11.7. The topological polar surface area (TPSA) is 73.9 Å². The average Bonchev–Trinajstić information content (AvgIpc) is 3.23. The number of aryl methyl sites for hydroxylation is 3. The molecule has 1 aliphatic carbocycles. The summed E-state index contributed by atoms with van der Waals surface area (Å²) in [5, 5.41) is 11.2. The number of nitrogens with zero attached hydrogens (tertiary/aromatic N) is 3. The monoisotopic (exact) mass is 345 g/mol. The van der Waals surface area contributed by atoms with Gasteiger partial charge in [-0.2, -0.15) is 5.10 Å². The molecule has 0 unspecified atom stereocenters. The van der Waals surface area contributed by atoms with Gasteiger partial charge in [0.15, 0.2) is 5.13 Å². The first kappa shape index (κ1) is 15.8. The highest BCUT2D eigenvalue weighted by molar-refractivity contribution is 7.15. The molecule has 0 saturated carbocycles. The number of carbonyl (C=O) groups is 1. The van der Waals surface area contributed by atoms with Crippen molar-refractivity contribution in [2.45, 2.75) is 44.9 Å². The second-order valence-electron chi connectivity index (χ2n) is 6.84. The molecule has 1 amide bonds. The zero-order chi connectivity index (χ0) is 16.5. The van der Waals surface area contributed by atoms with Crippen molar-refractivity contribution in [3.8, 4) is 0 Å². The molecule has 2 N–H and O–H groups in total. The Morgan fingerprint density at radius 2 is 2.38 bits per heavy atom. The van der Waals surface area contributed by atoms with Crippen molar-refractivity contribution < 1.29 is 4.79 Å². The summed E-state index contributed by atoms with van der Waals surface area (Å²) in [6.45, 7) is 4.33. The minimum Gasteiger partial charge on any atom is -0.301 e. The van der Waals surface area contributed by atoms with Gasteiger partial charge in [0.25, 0.3) is 0 Å². The van der Waals surface area contributed by atoms with Crippen LogP contribution >= 0.6 is 11.3 Å². The first-order valence-corrected chi connectivity index (χ1v) is 9.52. The van der Waals surface area contributed by atoms with Crippen LogP contribution in [0.1, 0.15) is 47.1 Å². The third-order valence-electron chi connectivity index (χ3n) is 4.86. The number of anilines is 1. The van der Waals surface area contributed by atoms with E-state index in [2.05, 4.69) is 31.5 Å². The number of aromatic nitrogens is 3. The minimum atomic E-state index is 0.0429. The Morgan fingerprint density at radius 1 is 1.46 bits per heavy atom. The van der Waals surface area contributed by atoms with Crippen molar-refractivity contribution in [3.63, 3.8) is 0 Å². The number of likely N-dealkylation sites (tertiary alicyclic amines) is 1. The highest BCUT2D eigenvalue weighted by Crippen LogP contribution is 2.30. The van der Waals surface area contributed by atoms with Crippen LogP contribution in [-0.2, 0) is 17.6 Å². The molecule has 1 fully saturated rings. The van der Waals surface area contributed by atoms with Gasteiger partial charge in [-0.25, -0.2) is 4.98 Å². The van der Waals surface area contributed by atoms with Crippen molar-refractivity contribution in [1.82, 2.24) is 20.1 Å². The van der Waals surface area contributed by atoms with Crippen molar-refractivity contribution in [3.05, 3.63) is 28.0 Å². The van der Waals surface area contributed by atoms with E-state index < -0.39 is 0 Å². The molecule has 7 heteroatoms. The molecule has 1 atom stereocenters. The molecule has 1 saturated heterocycles. The number of hydrogen-bond donors (Lipinski definition) is 2. The van der Waals surface area contributed by atoms with Gasteiger partial charge in [-0.3, -0.25) is 14.8 Å². The zero-order valence-corrected chi connectivity index (χ0v) is 14.8. The third kappa shape index (κ3) is 3.37. The van der Waals surface area contributed by atoms with E-state index in [0.717, 1.165) is 55.3 Å². The molecule has 2 aromatic heterocycles. The summed E-state index contributed by atoms with van der Waals surface area (Å²) in [6, 6.07) is 2.12. The molecule has 0 spiro atoms. The highest BCUT2D eigenvalue weighted by Gasteiger charge is 2.25. The molecule has 0 radical (unpaired) electrons. The van der Waals surface area contributed by atoms with E-state index in [1.807, 2.05) is 6.92 Å². The van der Waals surface area contributed by atoms with Gasteiger partial charge in [-0.1, -0.05) is 0 Å². The lowest BCUT2D eigenvalue weighted by atomic mass is 9.94. The molecule has 128 valence electrons. The van der Waals surface area contributed by atoms with E-state index >= 15 is 0 Å². The minimum absolute atomic E-state index is 0.0429. The van der Waals surface area contributed by atoms with Crippen LogP contribution in [0.4, 0.5) is 5.13 Å². The van der Waals surface area contributed by atoms with Gasteiger partial charge in [-0.05, 0) is 51.6 Å². The number of fused-ring (bicyclic) bond motifs is 1. The number of piperidine rings is 1. The fraction of sp³-hybridized carbons (Fsp3) is 0.588. The summed E-state index contributed by atoms with van der Waals surface area (Å²) in [4.78, 5) is 20.5. The lowest BCUT2D eigenvalue weighted by Crippen LogP contribution is -2.39. The van der Waals surface area contributed by atoms with Crippen LogP contribution in [0.25, 0.3) is 0 Å². The maximum Gasteiger partial charge on any atom is 0.240 e. The first-order valence-electron chi connectivity index (χ1n) is 8.70. The molecule has 4 rings (SSSR count). The van der Waals surface area contributed by atoms with Crippen molar-refractivity contribution in [1.29, 1.82) is 0 Å². The van der Waals surface area contributed by atoms with Crippen LogP contribution in [0.5, 0.6) is 0 Å². The largest absolute Gasteiger partial charge is 0.301 e. The highest BCUT2D eigenvalue weighted by atomic mass is 32.1. The quantitative estimate of drug-likeness (QED) is 0.893. The second kappa shape index (κ2) is 6.64. The average molecular weight is 345 g/mol. The van der Waals surface area contributed by atoms with E-state index in [-0.39, 0.29) is 5.91 Å². The smallest absolute Gasteiger partial charge is 0.240 e. The Hall–Kier alpha value is -1.73. The van der Waals surface area contributed by atoms with E-state index in [1.165, 1.54) is 17.0 Å². The van der Waals surface area contributed by atoms with Crippen molar-refractivity contribution in [2.75, 3.05) is 25.0 Å². The number of amides is 1. The van der Waals surface area contributed by atoms with Gasteiger partial charge < -0.3 is 5.32 Å². The molecule has 2 aromatic rings. The van der Waals surface area contributed by atoms with Gasteiger partial charge in [0, 0.05) is 23.0 Å². The van der Waals surface area contributed by atoms with Crippen LogP contribution in [0.2, 0.25) is 0 Å². The van der Waals surface area contributed by atoms with Crippen LogP contribution in [0.3, 0.4) is 0 Å². The van der Waals surface area contributed by atoms with Crippen LogP contribution in [0.15, 0.2) is 6.07 Å².